The zero-order valence-corrected chi connectivity index (χ0v) is 12.5. The molecule has 1 atom stereocenters. The molecule has 2 rings (SSSR count). The van der Waals surface area contributed by atoms with Crippen molar-refractivity contribution in [3.63, 3.8) is 0 Å². The second-order valence-electron chi connectivity index (χ2n) is 5.48. The fraction of sp³-hybridized carbons (Fsp3) is 0.467. The lowest BCUT2D eigenvalue weighted by molar-refractivity contribution is -0.139. The Labute approximate surface area is 128 Å². The van der Waals surface area contributed by atoms with E-state index >= 15 is 0 Å². The Balaban J connectivity index is 2.00. The first-order chi connectivity index (χ1) is 10.4. The first-order valence-corrected chi connectivity index (χ1v) is 6.82. The monoisotopic (exact) mass is 309 g/mol. The van der Waals surface area contributed by atoms with Crippen LogP contribution in [0.3, 0.4) is 0 Å². The molecular weight excluding hydrogens is 290 g/mol. The number of nitrogens with one attached hydrogen (secondary N) is 1. The smallest absolute Gasteiger partial charge is 0.305 e. The van der Waals surface area contributed by atoms with Crippen LogP contribution in [0, 0.1) is 0 Å². The minimum Gasteiger partial charge on any atom is -0.481 e. The number of carbonyl (C=O) groups excluding carboxylic acids is 1. The molecule has 1 aromatic carbocycles. The number of methoxy groups -OCH3 is 1. The highest BCUT2D eigenvalue weighted by atomic mass is 16.7. The van der Waals surface area contributed by atoms with Gasteiger partial charge in [-0.3, -0.25) is 9.59 Å². The molecule has 1 heterocycles. The number of carbonyl (C=O) groups is 2. The maximum atomic E-state index is 12.2. The highest BCUT2D eigenvalue weighted by Gasteiger charge is 2.29. The lowest BCUT2D eigenvalue weighted by Crippen LogP contribution is -2.51. The molecule has 7 nitrogen and oxygen atoms in total. The van der Waals surface area contributed by atoms with Gasteiger partial charge in [0.15, 0.2) is 11.5 Å². The summed E-state index contributed by atoms with van der Waals surface area (Å²) in [4.78, 5) is 23.1. The molecule has 0 aromatic heterocycles. The fourth-order valence-corrected chi connectivity index (χ4v) is 2.40. The molecule has 1 aliphatic rings. The van der Waals surface area contributed by atoms with Crippen molar-refractivity contribution in [2.75, 3.05) is 20.5 Å². The van der Waals surface area contributed by atoms with Crippen molar-refractivity contribution in [3.8, 4) is 11.5 Å². The van der Waals surface area contributed by atoms with Crippen molar-refractivity contribution in [1.82, 2.24) is 5.32 Å². The average molecular weight is 309 g/mol. The highest BCUT2D eigenvalue weighted by Crippen LogP contribution is 2.32. The summed E-state index contributed by atoms with van der Waals surface area (Å²) in [5.74, 6) is -0.0164. The highest BCUT2D eigenvalue weighted by molar-refractivity contribution is 5.80. The first-order valence-electron chi connectivity index (χ1n) is 6.82. The molecule has 0 fully saturated rings. The van der Waals surface area contributed by atoms with Gasteiger partial charge in [-0.1, -0.05) is 6.07 Å². The summed E-state index contributed by atoms with van der Waals surface area (Å²) in [6.45, 7) is 1.93. The van der Waals surface area contributed by atoms with Crippen LogP contribution in [-0.4, -0.2) is 43.0 Å². The second kappa shape index (κ2) is 6.65. The number of benzene rings is 1. The van der Waals surface area contributed by atoms with E-state index in [9.17, 15) is 9.59 Å². The van der Waals surface area contributed by atoms with Crippen molar-refractivity contribution in [2.24, 2.45) is 0 Å². The van der Waals surface area contributed by atoms with E-state index in [2.05, 4.69) is 5.32 Å². The molecule has 7 heteroatoms. The van der Waals surface area contributed by atoms with Crippen LogP contribution < -0.4 is 14.8 Å². The summed E-state index contributed by atoms with van der Waals surface area (Å²) in [5, 5.41) is 11.7. The zero-order valence-electron chi connectivity index (χ0n) is 12.5. The van der Waals surface area contributed by atoms with Gasteiger partial charge in [-0.2, -0.15) is 0 Å². The van der Waals surface area contributed by atoms with Crippen molar-refractivity contribution < 1.29 is 28.9 Å². The van der Waals surface area contributed by atoms with Crippen LogP contribution in [0.15, 0.2) is 18.2 Å². The summed E-state index contributed by atoms with van der Waals surface area (Å²) in [5.41, 5.74) is -0.189. The molecule has 0 radical (unpaired) electrons. The average Bonchev–Trinajstić information content (AvgIpc) is 2.84. The number of hydrogen-bond donors (Lipinski definition) is 2. The number of carboxylic acids is 1. The van der Waals surface area contributed by atoms with Gasteiger partial charge in [0.05, 0.1) is 25.0 Å². The Kier molecular flexibility index (Phi) is 4.87. The summed E-state index contributed by atoms with van der Waals surface area (Å²) in [6.07, 6.45) is -0.0940. The molecule has 1 amide bonds. The van der Waals surface area contributed by atoms with Crippen molar-refractivity contribution >= 4 is 11.9 Å². The molecule has 0 spiro atoms. The summed E-state index contributed by atoms with van der Waals surface area (Å²) >= 11 is 0. The van der Waals surface area contributed by atoms with Crippen LogP contribution in [0.2, 0.25) is 0 Å². The minimum atomic E-state index is -0.997. The number of carboxylic acid groups (broad SMARTS) is 1. The van der Waals surface area contributed by atoms with Gasteiger partial charge in [0.2, 0.25) is 12.7 Å². The number of ether oxygens (including phenoxy) is 3. The van der Waals surface area contributed by atoms with E-state index in [1.807, 2.05) is 0 Å². The van der Waals surface area contributed by atoms with Gasteiger partial charge >= 0.3 is 5.97 Å². The van der Waals surface area contributed by atoms with Crippen LogP contribution in [0.4, 0.5) is 0 Å². The quantitative estimate of drug-likeness (QED) is 0.779. The van der Waals surface area contributed by atoms with E-state index in [0.29, 0.717) is 11.5 Å². The molecular formula is C15H19NO6. The standard InChI is InChI=1S/C15H19NO6/c1-15(8-20-2,7-14(18)19)16-13(17)6-10-3-4-11-12(5-10)22-9-21-11/h3-5H,6-9H2,1-2H3,(H,16,17)(H,18,19). The summed E-state index contributed by atoms with van der Waals surface area (Å²) < 4.78 is 15.5. The van der Waals surface area contributed by atoms with Gasteiger partial charge in [-0.15, -0.1) is 0 Å². The van der Waals surface area contributed by atoms with Crippen molar-refractivity contribution in [1.29, 1.82) is 0 Å². The Morgan fingerprint density at radius 2 is 2.09 bits per heavy atom. The predicted molar refractivity (Wildman–Crippen MR) is 76.9 cm³/mol. The van der Waals surface area contributed by atoms with E-state index in [0.717, 1.165) is 5.56 Å². The Bertz CT molecular complexity index is 573. The van der Waals surface area contributed by atoms with Gasteiger partial charge < -0.3 is 24.6 Å². The maximum Gasteiger partial charge on any atom is 0.305 e. The molecule has 0 saturated heterocycles. The van der Waals surface area contributed by atoms with Crippen LogP contribution in [0.5, 0.6) is 11.5 Å². The van der Waals surface area contributed by atoms with Gasteiger partial charge in [0, 0.05) is 7.11 Å². The molecule has 0 aliphatic carbocycles. The number of hydrogen-bond acceptors (Lipinski definition) is 5. The summed E-state index contributed by atoms with van der Waals surface area (Å²) in [7, 11) is 1.46. The van der Waals surface area contributed by atoms with E-state index in [1.54, 1.807) is 25.1 Å². The molecule has 2 N–H and O–H groups in total. The number of aliphatic carboxylic acids is 1. The summed E-state index contributed by atoms with van der Waals surface area (Å²) in [6, 6.07) is 5.27. The lowest BCUT2D eigenvalue weighted by atomic mass is 9.98. The topological polar surface area (TPSA) is 94.1 Å². The van der Waals surface area contributed by atoms with E-state index in [-0.39, 0.29) is 32.1 Å². The van der Waals surface area contributed by atoms with Gasteiger partial charge in [-0.25, -0.2) is 0 Å². The third-order valence-corrected chi connectivity index (χ3v) is 3.25. The third-order valence-electron chi connectivity index (χ3n) is 3.25. The second-order valence-corrected chi connectivity index (χ2v) is 5.48. The van der Waals surface area contributed by atoms with Gasteiger partial charge in [0.25, 0.3) is 0 Å². The molecule has 22 heavy (non-hydrogen) atoms. The lowest BCUT2D eigenvalue weighted by Gasteiger charge is -2.28. The molecule has 1 unspecified atom stereocenters. The van der Waals surface area contributed by atoms with Crippen molar-refractivity contribution in [3.05, 3.63) is 23.8 Å². The first kappa shape index (κ1) is 16.1. The van der Waals surface area contributed by atoms with Crippen LogP contribution in [-0.2, 0) is 20.7 Å². The Morgan fingerprint density at radius 3 is 2.77 bits per heavy atom. The largest absolute Gasteiger partial charge is 0.481 e. The molecule has 120 valence electrons. The number of amides is 1. The van der Waals surface area contributed by atoms with Crippen molar-refractivity contribution in [2.45, 2.75) is 25.3 Å². The van der Waals surface area contributed by atoms with Crippen LogP contribution in [0.25, 0.3) is 0 Å². The molecule has 1 aromatic rings. The number of rotatable bonds is 7. The number of fused-ring (bicyclic) bond motifs is 1. The molecule has 0 saturated carbocycles. The Hall–Kier alpha value is -2.28. The van der Waals surface area contributed by atoms with E-state index in [1.165, 1.54) is 7.11 Å². The predicted octanol–water partition coefficient (Wildman–Crippen LogP) is 0.954. The molecule has 0 bridgehead atoms. The zero-order chi connectivity index (χ0) is 16.2. The van der Waals surface area contributed by atoms with Crippen LogP contribution >= 0.6 is 0 Å². The third kappa shape index (κ3) is 4.11. The SMILES string of the molecule is COCC(C)(CC(=O)O)NC(=O)Cc1ccc2c(c1)OCO2. The van der Waals surface area contributed by atoms with Gasteiger partial charge in [-0.05, 0) is 24.6 Å². The fourth-order valence-electron chi connectivity index (χ4n) is 2.40. The Morgan fingerprint density at radius 1 is 1.36 bits per heavy atom. The van der Waals surface area contributed by atoms with E-state index < -0.39 is 11.5 Å². The van der Waals surface area contributed by atoms with Gasteiger partial charge in [0.1, 0.15) is 0 Å². The molecule has 1 aliphatic heterocycles. The van der Waals surface area contributed by atoms with Crippen LogP contribution in [0.1, 0.15) is 18.9 Å². The maximum absolute atomic E-state index is 12.2. The van der Waals surface area contributed by atoms with E-state index in [4.69, 9.17) is 19.3 Å². The minimum absolute atomic E-state index is 0.117. The normalized spacial score (nSPS) is 15.2.